The van der Waals surface area contributed by atoms with Crippen molar-refractivity contribution in [1.82, 2.24) is 0 Å². The summed E-state index contributed by atoms with van der Waals surface area (Å²) < 4.78 is 9.45. The summed E-state index contributed by atoms with van der Waals surface area (Å²) in [5, 5.41) is 0. The lowest BCUT2D eigenvalue weighted by Gasteiger charge is -2.09. The number of carbonyl (C=O) groups excluding carboxylic acids is 2. The van der Waals surface area contributed by atoms with Crippen LogP contribution in [-0.4, -0.2) is 18.2 Å². The van der Waals surface area contributed by atoms with Crippen LogP contribution in [0.3, 0.4) is 0 Å². The average molecular weight is 232 g/mol. The maximum absolute atomic E-state index is 10.8. The average Bonchev–Trinajstić information content (AvgIpc) is 2.26. The Labute approximate surface area is 99.5 Å². The lowest BCUT2D eigenvalue weighted by Crippen LogP contribution is -2.20. The zero-order valence-electron chi connectivity index (χ0n) is 9.60. The van der Waals surface area contributed by atoms with Gasteiger partial charge in [-0.3, -0.25) is 9.59 Å². The molecule has 1 aromatic carbocycles. The first-order chi connectivity index (χ1) is 8.08. The van der Waals surface area contributed by atoms with Gasteiger partial charge in [-0.1, -0.05) is 24.1 Å². The topological polar surface area (TPSA) is 52.6 Å². The molecule has 0 saturated carbocycles. The minimum atomic E-state index is -1.16. The van der Waals surface area contributed by atoms with Crippen LogP contribution in [0.4, 0.5) is 0 Å². The molecule has 0 N–H and O–H groups in total. The molecule has 0 aliphatic rings. The second-order valence-electron chi connectivity index (χ2n) is 3.19. The molecule has 0 bridgehead atoms. The Balaban J connectivity index is 2.75. The lowest BCUT2D eigenvalue weighted by molar-refractivity contribution is -0.174. The van der Waals surface area contributed by atoms with Crippen molar-refractivity contribution in [2.45, 2.75) is 20.1 Å². The zero-order chi connectivity index (χ0) is 12.7. The molecule has 0 atom stereocenters. The largest absolute Gasteiger partial charge is 0.414 e. The van der Waals surface area contributed by atoms with Gasteiger partial charge in [0.15, 0.2) is 0 Å². The molecule has 0 heterocycles. The van der Waals surface area contributed by atoms with Crippen molar-refractivity contribution in [1.29, 1.82) is 0 Å². The third-order valence-electron chi connectivity index (χ3n) is 1.65. The van der Waals surface area contributed by atoms with E-state index in [0.29, 0.717) is 0 Å². The van der Waals surface area contributed by atoms with Crippen LogP contribution in [0.1, 0.15) is 19.4 Å². The Hall–Kier alpha value is -2.28. The van der Waals surface area contributed by atoms with E-state index in [-0.39, 0.29) is 0 Å². The molecular weight excluding hydrogens is 220 g/mol. The number of hydrogen-bond donors (Lipinski definition) is 0. The summed E-state index contributed by atoms with van der Waals surface area (Å²) in [5.74, 6) is 4.20. The molecule has 0 radical (unpaired) electrons. The van der Waals surface area contributed by atoms with Gasteiger partial charge < -0.3 is 9.47 Å². The van der Waals surface area contributed by atoms with E-state index in [1.165, 1.54) is 13.8 Å². The lowest BCUT2D eigenvalue weighted by atomic mass is 10.2. The number of rotatable bonds is 2. The van der Waals surface area contributed by atoms with E-state index in [2.05, 4.69) is 11.8 Å². The normalized spacial score (nSPS) is 9.12. The Morgan fingerprint density at radius 2 is 1.59 bits per heavy atom. The summed E-state index contributed by atoms with van der Waals surface area (Å²) in [7, 11) is 0. The van der Waals surface area contributed by atoms with E-state index >= 15 is 0 Å². The van der Waals surface area contributed by atoms with Gasteiger partial charge in [-0.05, 0) is 18.1 Å². The van der Waals surface area contributed by atoms with Crippen molar-refractivity contribution in [2.24, 2.45) is 0 Å². The molecule has 0 aliphatic carbocycles. The SMILES string of the molecule is CC(=O)OC(C#Cc1ccccc1)OC(C)=O. The third kappa shape index (κ3) is 5.38. The van der Waals surface area contributed by atoms with E-state index in [1.54, 1.807) is 12.1 Å². The molecule has 0 unspecified atom stereocenters. The van der Waals surface area contributed by atoms with Crippen molar-refractivity contribution < 1.29 is 19.1 Å². The fourth-order valence-electron chi connectivity index (χ4n) is 1.05. The van der Waals surface area contributed by atoms with Crippen LogP contribution >= 0.6 is 0 Å². The Kier molecular flexibility index (Phi) is 4.77. The Morgan fingerprint density at radius 1 is 1.06 bits per heavy atom. The molecule has 0 saturated heterocycles. The summed E-state index contributed by atoms with van der Waals surface area (Å²) in [6, 6.07) is 9.12. The number of carbonyl (C=O) groups is 2. The van der Waals surface area contributed by atoms with Crippen LogP contribution in [0.2, 0.25) is 0 Å². The van der Waals surface area contributed by atoms with Crippen molar-refractivity contribution >= 4 is 11.9 Å². The van der Waals surface area contributed by atoms with Gasteiger partial charge in [-0.15, -0.1) is 0 Å². The summed E-state index contributed by atoms with van der Waals surface area (Å²) in [6.07, 6.45) is -1.16. The second kappa shape index (κ2) is 6.33. The maximum atomic E-state index is 10.8. The van der Waals surface area contributed by atoms with Gasteiger partial charge in [0.1, 0.15) is 0 Å². The predicted octanol–water partition coefficient (Wildman–Crippen LogP) is 1.49. The van der Waals surface area contributed by atoms with Gasteiger partial charge in [0, 0.05) is 19.4 Å². The molecule has 0 spiro atoms. The minimum Gasteiger partial charge on any atom is -0.414 e. The van der Waals surface area contributed by atoms with Crippen LogP contribution in [0.25, 0.3) is 0 Å². The molecule has 1 aromatic rings. The molecule has 4 heteroatoms. The van der Waals surface area contributed by atoms with E-state index in [4.69, 9.17) is 9.47 Å². The van der Waals surface area contributed by atoms with E-state index in [9.17, 15) is 9.59 Å². The van der Waals surface area contributed by atoms with Crippen LogP contribution in [0.15, 0.2) is 30.3 Å². The van der Waals surface area contributed by atoms with Crippen molar-refractivity contribution in [3.05, 3.63) is 35.9 Å². The zero-order valence-corrected chi connectivity index (χ0v) is 9.60. The van der Waals surface area contributed by atoms with Crippen LogP contribution < -0.4 is 0 Å². The molecule has 1 rings (SSSR count). The fourth-order valence-corrected chi connectivity index (χ4v) is 1.05. The second-order valence-corrected chi connectivity index (χ2v) is 3.19. The summed E-state index contributed by atoms with van der Waals surface area (Å²) >= 11 is 0. The quantitative estimate of drug-likeness (QED) is 0.440. The first-order valence-corrected chi connectivity index (χ1v) is 4.99. The number of esters is 2. The molecule has 4 nitrogen and oxygen atoms in total. The molecule has 0 aliphatic heterocycles. The molecule has 0 amide bonds. The number of ether oxygens (including phenoxy) is 2. The van der Waals surface area contributed by atoms with Crippen molar-refractivity contribution in [2.75, 3.05) is 0 Å². The highest BCUT2D eigenvalue weighted by atomic mass is 16.7. The van der Waals surface area contributed by atoms with Gasteiger partial charge >= 0.3 is 18.2 Å². The van der Waals surface area contributed by atoms with Crippen LogP contribution in [-0.2, 0) is 19.1 Å². The molecule has 0 aromatic heterocycles. The van der Waals surface area contributed by atoms with E-state index in [0.717, 1.165) is 5.56 Å². The molecular formula is C13H12O4. The summed E-state index contributed by atoms with van der Waals surface area (Å²) in [6.45, 7) is 2.45. The van der Waals surface area contributed by atoms with E-state index in [1.807, 2.05) is 18.2 Å². The summed E-state index contributed by atoms with van der Waals surface area (Å²) in [4.78, 5) is 21.5. The number of hydrogen-bond acceptors (Lipinski definition) is 4. The fraction of sp³-hybridized carbons (Fsp3) is 0.231. The first-order valence-electron chi connectivity index (χ1n) is 4.99. The van der Waals surface area contributed by atoms with E-state index < -0.39 is 18.2 Å². The smallest absolute Gasteiger partial charge is 0.311 e. The van der Waals surface area contributed by atoms with Gasteiger partial charge in [0.2, 0.25) is 0 Å². The van der Waals surface area contributed by atoms with Crippen LogP contribution in [0, 0.1) is 11.8 Å². The standard InChI is InChI=1S/C13H12O4/c1-10(14)16-13(17-11(2)15)9-8-12-6-4-3-5-7-12/h3-7,13H,1-2H3. The van der Waals surface area contributed by atoms with Crippen molar-refractivity contribution in [3.63, 3.8) is 0 Å². The van der Waals surface area contributed by atoms with Crippen LogP contribution in [0.5, 0.6) is 0 Å². The predicted molar refractivity (Wildman–Crippen MR) is 60.6 cm³/mol. The van der Waals surface area contributed by atoms with Gasteiger partial charge in [-0.2, -0.15) is 0 Å². The molecule has 0 fully saturated rings. The highest BCUT2D eigenvalue weighted by Crippen LogP contribution is 1.98. The minimum absolute atomic E-state index is 0.557. The van der Waals surface area contributed by atoms with Gasteiger partial charge in [0.05, 0.1) is 0 Å². The van der Waals surface area contributed by atoms with Gasteiger partial charge in [-0.25, -0.2) is 0 Å². The van der Waals surface area contributed by atoms with Crippen molar-refractivity contribution in [3.8, 4) is 11.8 Å². The Morgan fingerprint density at radius 3 is 2.06 bits per heavy atom. The third-order valence-corrected chi connectivity index (χ3v) is 1.65. The molecule has 17 heavy (non-hydrogen) atoms. The first kappa shape index (κ1) is 12.8. The van der Waals surface area contributed by atoms with Gasteiger partial charge in [0.25, 0.3) is 0 Å². The highest BCUT2D eigenvalue weighted by Gasteiger charge is 2.11. The highest BCUT2D eigenvalue weighted by molar-refractivity contribution is 5.68. The monoisotopic (exact) mass is 232 g/mol. The number of benzene rings is 1. The Bertz CT molecular complexity index is 437. The molecule has 88 valence electrons. The summed E-state index contributed by atoms with van der Waals surface area (Å²) in [5.41, 5.74) is 0.747. The maximum Gasteiger partial charge on any atom is 0.311 e.